The molecule has 0 aromatic carbocycles. The first-order chi connectivity index (χ1) is 7.54. The van der Waals surface area contributed by atoms with Gasteiger partial charge in [0.25, 0.3) is 0 Å². The molecule has 0 aliphatic rings. The van der Waals surface area contributed by atoms with Crippen LogP contribution in [-0.2, 0) is 11.2 Å². The van der Waals surface area contributed by atoms with Gasteiger partial charge in [-0.15, -0.1) is 0 Å². The van der Waals surface area contributed by atoms with Crippen LogP contribution in [0.15, 0.2) is 27.7 Å². The zero-order chi connectivity index (χ0) is 12.1. The number of aromatic nitrogens is 1. The molecule has 1 rings (SSSR count). The SMILES string of the molecule is N#Cc1cnc([S+]([O-])CCC(F)=C(F)F)o1. The van der Waals surface area contributed by atoms with Crippen LogP contribution in [0.3, 0.4) is 0 Å². The van der Waals surface area contributed by atoms with E-state index in [0.29, 0.717) is 0 Å². The second-order valence-electron chi connectivity index (χ2n) is 2.57. The van der Waals surface area contributed by atoms with E-state index in [2.05, 4.69) is 9.40 Å². The smallest absolute Gasteiger partial charge is 0.416 e. The minimum Gasteiger partial charge on any atom is -0.608 e. The van der Waals surface area contributed by atoms with Crippen molar-refractivity contribution in [2.24, 2.45) is 0 Å². The average molecular weight is 250 g/mol. The molecule has 4 nitrogen and oxygen atoms in total. The molecule has 0 fully saturated rings. The van der Waals surface area contributed by atoms with Crippen LogP contribution in [0.5, 0.6) is 0 Å². The molecule has 1 unspecified atom stereocenters. The molecule has 0 amide bonds. The van der Waals surface area contributed by atoms with Crippen molar-refractivity contribution in [3.8, 4) is 6.07 Å². The van der Waals surface area contributed by atoms with E-state index >= 15 is 0 Å². The van der Waals surface area contributed by atoms with Gasteiger partial charge in [-0.05, 0) is 0 Å². The van der Waals surface area contributed by atoms with Gasteiger partial charge in [0.1, 0.15) is 11.8 Å². The molecular formula is C8H5F3N2O2S. The summed E-state index contributed by atoms with van der Waals surface area (Å²) in [6.07, 6.45) is -2.05. The minimum absolute atomic E-state index is 0.143. The standard InChI is InChI=1S/C8H5F3N2O2S/c9-6(7(10)11)1-2-16(14)8-13-4-5(3-12)15-8/h4H,1-2H2. The molecule has 16 heavy (non-hydrogen) atoms. The number of halogens is 3. The van der Waals surface area contributed by atoms with E-state index < -0.39 is 29.5 Å². The van der Waals surface area contributed by atoms with Crippen molar-refractivity contribution in [2.75, 3.05) is 5.75 Å². The second kappa shape index (κ2) is 5.58. The van der Waals surface area contributed by atoms with E-state index in [-0.39, 0.29) is 16.7 Å². The maximum atomic E-state index is 12.4. The number of nitrogens with zero attached hydrogens (tertiary/aromatic N) is 2. The maximum Gasteiger partial charge on any atom is 0.416 e. The lowest BCUT2D eigenvalue weighted by Crippen LogP contribution is -2.07. The molecule has 0 saturated carbocycles. The van der Waals surface area contributed by atoms with Crippen molar-refractivity contribution in [3.05, 3.63) is 23.9 Å². The van der Waals surface area contributed by atoms with Crippen LogP contribution < -0.4 is 0 Å². The molecule has 86 valence electrons. The molecule has 0 N–H and O–H groups in total. The molecule has 0 saturated heterocycles. The minimum atomic E-state index is -2.43. The van der Waals surface area contributed by atoms with Crippen molar-refractivity contribution in [2.45, 2.75) is 11.6 Å². The van der Waals surface area contributed by atoms with Gasteiger partial charge in [-0.1, -0.05) is 0 Å². The predicted octanol–water partition coefficient (Wildman–Crippen LogP) is 2.12. The monoisotopic (exact) mass is 250 g/mol. The zero-order valence-electron chi connectivity index (χ0n) is 7.74. The average Bonchev–Trinajstić information content (AvgIpc) is 2.73. The molecule has 1 aromatic rings. The fourth-order valence-electron chi connectivity index (χ4n) is 0.779. The molecule has 1 atom stereocenters. The number of hydrogen-bond donors (Lipinski definition) is 0. The lowest BCUT2D eigenvalue weighted by atomic mass is 10.4. The summed E-state index contributed by atoms with van der Waals surface area (Å²) < 4.78 is 51.7. The molecule has 0 aliphatic heterocycles. The Labute approximate surface area is 91.6 Å². The number of oxazole rings is 1. The highest BCUT2D eigenvalue weighted by atomic mass is 32.2. The molecular weight excluding hydrogens is 245 g/mol. The van der Waals surface area contributed by atoms with Crippen molar-refractivity contribution in [3.63, 3.8) is 0 Å². The second-order valence-corrected chi connectivity index (χ2v) is 4.02. The van der Waals surface area contributed by atoms with Gasteiger partial charge in [-0.2, -0.15) is 19.0 Å². The number of hydrogen-bond acceptors (Lipinski definition) is 4. The Morgan fingerprint density at radius 1 is 1.56 bits per heavy atom. The Hall–Kier alpha value is -1.46. The molecule has 0 spiro atoms. The fraction of sp³-hybridized carbons (Fsp3) is 0.250. The summed E-state index contributed by atoms with van der Waals surface area (Å²) in [4.78, 5) is 3.49. The molecule has 0 radical (unpaired) electrons. The van der Waals surface area contributed by atoms with Gasteiger partial charge in [0.05, 0.1) is 12.6 Å². The first-order valence-corrected chi connectivity index (χ1v) is 5.30. The first kappa shape index (κ1) is 12.6. The lowest BCUT2D eigenvalue weighted by Gasteiger charge is -2.03. The summed E-state index contributed by atoms with van der Waals surface area (Å²) in [7, 11) is 0. The van der Waals surface area contributed by atoms with Gasteiger partial charge in [-0.3, -0.25) is 0 Å². The summed E-state index contributed by atoms with van der Waals surface area (Å²) >= 11 is -1.84. The summed E-state index contributed by atoms with van der Waals surface area (Å²) in [6.45, 7) is 0. The van der Waals surface area contributed by atoms with E-state index in [1.807, 2.05) is 0 Å². The van der Waals surface area contributed by atoms with Crippen LogP contribution in [0.4, 0.5) is 13.2 Å². The number of nitriles is 1. The van der Waals surface area contributed by atoms with E-state index in [1.165, 1.54) is 0 Å². The number of rotatable bonds is 4. The van der Waals surface area contributed by atoms with Crippen LogP contribution >= 0.6 is 0 Å². The first-order valence-electron chi connectivity index (χ1n) is 3.98. The highest BCUT2D eigenvalue weighted by Crippen LogP contribution is 2.17. The maximum absolute atomic E-state index is 12.4. The van der Waals surface area contributed by atoms with Crippen LogP contribution in [0.1, 0.15) is 12.2 Å². The van der Waals surface area contributed by atoms with Gasteiger partial charge in [0, 0.05) is 11.2 Å². The van der Waals surface area contributed by atoms with Gasteiger partial charge >= 0.3 is 11.3 Å². The Kier molecular flexibility index (Phi) is 4.39. The van der Waals surface area contributed by atoms with Crippen LogP contribution in [0, 0.1) is 11.3 Å². The normalized spacial score (nSPS) is 11.9. The van der Waals surface area contributed by atoms with Gasteiger partial charge < -0.3 is 8.97 Å². The summed E-state index contributed by atoms with van der Waals surface area (Å²) in [6, 6.07) is 1.62. The molecule has 1 aromatic heterocycles. The highest BCUT2D eigenvalue weighted by Gasteiger charge is 2.20. The zero-order valence-corrected chi connectivity index (χ0v) is 8.56. The highest BCUT2D eigenvalue weighted by molar-refractivity contribution is 7.91. The fourth-order valence-corrected chi connectivity index (χ4v) is 1.67. The Morgan fingerprint density at radius 2 is 2.25 bits per heavy atom. The van der Waals surface area contributed by atoms with Crippen molar-refractivity contribution >= 4 is 11.2 Å². The molecule has 1 heterocycles. The van der Waals surface area contributed by atoms with Crippen molar-refractivity contribution < 1.29 is 22.1 Å². The largest absolute Gasteiger partial charge is 0.608 e. The molecule has 0 bridgehead atoms. The molecule has 0 aliphatic carbocycles. The van der Waals surface area contributed by atoms with Gasteiger partial charge in [0.15, 0.2) is 5.83 Å². The summed E-state index contributed by atoms with van der Waals surface area (Å²) in [5.74, 6) is -2.13. The quantitative estimate of drug-likeness (QED) is 0.767. The van der Waals surface area contributed by atoms with Crippen LogP contribution in [0.25, 0.3) is 0 Å². The predicted molar refractivity (Wildman–Crippen MR) is 47.5 cm³/mol. The topological polar surface area (TPSA) is 72.9 Å². The Morgan fingerprint density at radius 3 is 2.75 bits per heavy atom. The van der Waals surface area contributed by atoms with Gasteiger partial charge in [0.2, 0.25) is 5.76 Å². The van der Waals surface area contributed by atoms with E-state index in [0.717, 1.165) is 6.20 Å². The Bertz CT molecular complexity index is 437. The lowest BCUT2D eigenvalue weighted by molar-refractivity contribution is 0.372. The number of allylic oxidation sites excluding steroid dienone is 1. The third kappa shape index (κ3) is 3.29. The van der Waals surface area contributed by atoms with Crippen LogP contribution in [-0.4, -0.2) is 15.3 Å². The van der Waals surface area contributed by atoms with Crippen molar-refractivity contribution in [1.82, 2.24) is 4.98 Å². The Balaban J connectivity index is 2.57. The van der Waals surface area contributed by atoms with E-state index in [4.69, 9.17) is 5.26 Å². The summed E-state index contributed by atoms with van der Waals surface area (Å²) in [5.41, 5.74) is 0. The van der Waals surface area contributed by atoms with Crippen LogP contribution in [0.2, 0.25) is 0 Å². The molecule has 8 heteroatoms. The van der Waals surface area contributed by atoms with E-state index in [1.54, 1.807) is 6.07 Å². The van der Waals surface area contributed by atoms with Crippen molar-refractivity contribution in [1.29, 1.82) is 5.26 Å². The third-order valence-electron chi connectivity index (χ3n) is 1.50. The van der Waals surface area contributed by atoms with E-state index in [9.17, 15) is 17.7 Å². The third-order valence-corrected chi connectivity index (χ3v) is 2.65. The summed E-state index contributed by atoms with van der Waals surface area (Å²) in [5, 5.41) is 8.10. The van der Waals surface area contributed by atoms with Gasteiger partial charge in [-0.25, -0.2) is 4.39 Å².